The molecule has 0 bridgehead atoms. The van der Waals surface area contributed by atoms with Crippen LogP contribution in [0.1, 0.15) is 155 Å². The molecule has 1 amide bonds. The number of carboxylic acids is 1. The van der Waals surface area contributed by atoms with Gasteiger partial charge in [-0.25, -0.2) is 0 Å². The minimum atomic E-state index is -1.03. The number of rotatable bonds is 30. The summed E-state index contributed by atoms with van der Waals surface area (Å²) < 4.78 is 5.85. The normalized spacial score (nSPS) is 12.6. The molecule has 1 atom stereocenters. The Morgan fingerprint density at radius 3 is 1.88 bits per heavy atom. The number of nitrogens with one attached hydrogen (secondary N) is 1. The van der Waals surface area contributed by atoms with Crippen molar-refractivity contribution in [2.45, 2.75) is 161 Å². The Morgan fingerprint density at radius 1 is 0.651 bits per heavy atom. The van der Waals surface area contributed by atoms with E-state index < -0.39 is 5.97 Å². The molecule has 0 rings (SSSR count). The molecule has 0 saturated heterocycles. The lowest BCUT2D eigenvalue weighted by molar-refractivity contribution is -0.147. The predicted molar refractivity (Wildman–Crippen MR) is 180 cm³/mol. The molecule has 0 aromatic rings. The van der Waals surface area contributed by atoms with E-state index in [1.807, 2.05) is 0 Å². The number of hydrogen-bond acceptors (Lipinski definition) is 4. The SMILES string of the molecule is CC/C=C\C/C=C\C/C=C\CCCCCCCC(=O)OC(/C=C\CCCCCCC)CCCCCCC(=O)NCC(=O)O. The quantitative estimate of drug-likeness (QED) is 0.0485. The van der Waals surface area contributed by atoms with Gasteiger partial charge in [-0.1, -0.05) is 114 Å². The fourth-order valence-corrected chi connectivity index (χ4v) is 4.67. The number of hydrogen-bond donors (Lipinski definition) is 2. The van der Waals surface area contributed by atoms with Crippen molar-refractivity contribution in [3.8, 4) is 0 Å². The lowest BCUT2D eigenvalue weighted by Crippen LogP contribution is -2.28. The molecule has 0 aliphatic carbocycles. The van der Waals surface area contributed by atoms with E-state index in [4.69, 9.17) is 9.84 Å². The number of amides is 1. The van der Waals surface area contributed by atoms with Gasteiger partial charge in [0.25, 0.3) is 0 Å². The molecule has 1 unspecified atom stereocenters. The Morgan fingerprint density at radius 2 is 1.21 bits per heavy atom. The number of allylic oxidation sites excluding steroid dienone is 7. The summed E-state index contributed by atoms with van der Waals surface area (Å²) in [5, 5.41) is 11.0. The zero-order valence-corrected chi connectivity index (χ0v) is 27.5. The molecule has 43 heavy (non-hydrogen) atoms. The molecule has 0 saturated carbocycles. The second kappa shape index (κ2) is 32.3. The van der Waals surface area contributed by atoms with E-state index in [-0.39, 0.29) is 24.5 Å². The maximum atomic E-state index is 12.6. The third-order valence-electron chi connectivity index (χ3n) is 7.22. The average molecular weight is 602 g/mol. The summed E-state index contributed by atoms with van der Waals surface area (Å²) in [6, 6.07) is 0. The second-order valence-corrected chi connectivity index (χ2v) is 11.4. The van der Waals surface area contributed by atoms with E-state index in [1.165, 1.54) is 44.9 Å². The molecule has 0 heterocycles. The van der Waals surface area contributed by atoms with E-state index in [9.17, 15) is 14.4 Å². The van der Waals surface area contributed by atoms with Gasteiger partial charge in [0.05, 0.1) is 0 Å². The molecule has 0 aromatic heterocycles. The van der Waals surface area contributed by atoms with E-state index in [0.717, 1.165) is 83.5 Å². The largest absolute Gasteiger partial charge is 0.480 e. The Kier molecular flexibility index (Phi) is 30.3. The smallest absolute Gasteiger partial charge is 0.322 e. The van der Waals surface area contributed by atoms with Crippen molar-refractivity contribution in [3.05, 3.63) is 48.6 Å². The number of aliphatic carboxylic acids is 1. The van der Waals surface area contributed by atoms with Crippen molar-refractivity contribution in [1.29, 1.82) is 0 Å². The minimum absolute atomic E-state index is 0.103. The van der Waals surface area contributed by atoms with E-state index >= 15 is 0 Å². The molecular formula is C37H63NO5. The predicted octanol–water partition coefficient (Wildman–Crippen LogP) is 9.95. The van der Waals surface area contributed by atoms with Gasteiger partial charge in [-0.15, -0.1) is 0 Å². The topological polar surface area (TPSA) is 92.7 Å². The summed E-state index contributed by atoms with van der Waals surface area (Å²) in [5.74, 6) is -1.35. The van der Waals surface area contributed by atoms with Crippen LogP contribution in [0.4, 0.5) is 0 Å². The fraction of sp³-hybridized carbons (Fsp3) is 0.703. The first kappa shape index (κ1) is 40.4. The van der Waals surface area contributed by atoms with Gasteiger partial charge in [0.15, 0.2) is 0 Å². The van der Waals surface area contributed by atoms with Crippen LogP contribution in [0.3, 0.4) is 0 Å². The molecule has 6 heteroatoms. The second-order valence-electron chi connectivity index (χ2n) is 11.4. The van der Waals surface area contributed by atoms with Crippen molar-refractivity contribution >= 4 is 17.8 Å². The first-order chi connectivity index (χ1) is 21.0. The van der Waals surface area contributed by atoms with E-state index in [1.54, 1.807) is 0 Å². The van der Waals surface area contributed by atoms with Gasteiger partial charge in [-0.3, -0.25) is 14.4 Å². The molecule has 246 valence electrons. The van der Waals surface area contributed by atoms with Crippen LogP contribution in [0.5, 0.6) is 0 Å². The first-order valence-corrected chi connectivity index (χ1v) is 17.3. The average Bonchev–Trinajstić information content (AvgIpc) is 2.99. The van der Waals surface area contributed by atoms with Crippen LogP contribution in [0.2, 0.25) is 0 Å². The third kappa shape index (κ3) is 32.1. The Labute approximate surface area is 263 Å². The minimum Gasteiger partial charge on any atom is -0.480 e. The number of esters is 1. The van der Waals surface area contributed by atoms with Gasteiger partial charge < -0.3 is 15.2 Å². The number of carbonyl (C=O) groups excluding carboxylic acids is 2. The van der Waals surface area contributed by atoms with Crippen molar-refractivity contribution < 1.29 is 24.2 Å². The Balaban J connectivity index is 4.17. The molecule has 0 aliphatic rings. The van der Waals surface area contributed by atoms with Crippen molar-refractivity contribution in [2.75, 3.05) is 6.54 Å². The summed E-state index contributed by atoms with van der Waals surface area (Å²) in [6.07, 6.45) is 39.5. The molecule has 6 nitrogen and oxygen atoms in total. The zero-order valence-electron chi connectivity index (χ0n) is 27.5. The summed E-state index contributed by atoms with van der Waals surface area (Å²) in [6.45, 7) is 4.05. The van der Waals surface area contributed by atoms with Gasteiger partial charge in [0.1, 0.15) is 12.6 Å². The summed E-state index contributed by atoms with van der Waals surface area (Å²) >= 11 is 0. The van der Waals surface area contributed by atoms with Crippen molar-refractivity contribution in [1.82, 2.24) is 5.32 Å². The molecule has 0 radical (unpaired) electrons. The van der Waals surface area contributed by atoms with E-state index in [0.29, 0.717) is 12.8 Å². The van der Waals surface area contributed by atoms with Crippen LogP contribution < -0.4 is 5.32 Å². The van der Waals surface area contributed by atoms with Crippen LogP contribution in [-0.2, 0) is 19.1 Å². The maximum Gasteiger partial charge on any atom is 0.322 e. The van der Waals surface area contributed by atoms with Gasteiger partial charge in [-0.05, 0) is 76.7 Å². The fourth-order valence-electron chi connectivity index (χ4n) is 4.67. The van der Waals surface area contributed by atoms with Gasteiger partial charge in [0.2, 0.25) is 5.91 Å². The molecule has 0 aromatic carbocycles. The van der Waals surface area contributed by atoms with Crippen molar-refractivity contribution in [3.63, 3.8) is 0 Å². The highest BCUT2D eigenvalue weighted by atomic mass is 16.5. The summed E-state index contributed by atoms with van der Waals surface area (Å²) in [4.78, 5) is 34.7. The first-order valence-electron chi connectivity index (χ1n) is 17.3. The highest BCUT2D eigenvalue weighted by molar-refractivity contribution is 5.80. The molecular weight excluding hydrogens is 538 g/mol. The molecule has 0 aliphatic heterocycles. The number of carboxylic acid groups (broad SMARTS) is 1. The highest BCUT2D eigenvalue weighted by Crippen LogP contribution is 2.15. The zero-order chi connectivity index (χ0) is 31.6. The van der Waals surface area contributed by atoms with Crippen molar-refractivity contribution in [2.24, 2.45) is 0 Å². The highest BCUT2D eigenvalue weighted by Gasteiger charge is 2.12. The maximum absolute atomic E-state index is 12.6. The van der Waals surface area contributed by atoms with Gasteiger partial charge in [0, 0.05) is 12.8 Å². The number of carbonyl (C=O) groups is 3. The van der Waals surface area contributed by atoms with Gasteiger partial charge >= 0.3 is 11.9 Å². The lowest BCUT2D eigenvalue weighted by Gasteiger charge is -2.15. The van der Waals surface area contributed by atoms with Crippen LogP contribution in [-0.4, -0.2) is 35.6 Å². The molecule has 0 spiro atoms. The standard InChI is InChI=1S/C37H63NO5/c1-3-5-7-9-11-12-13-14-15-16-17-18-20-22-28-32-37(42)43-34(29-25-21-19-10-8-6-4-2)30-26-23-24-27-31-35(39)38-33-36(40)41/h5,7,11-12,14-15,25,29,34H,3-4,6,8-10,13,16-24,26-28,30-33H2,1-2H3,(H,38,39)(H,40,41)/b7-5-,12-11-,15-14-,29-25-. The number of ether oxygens (including phenoxy) is 1. The van der Waals surface area contributed by atoms with Gasteiger partial charge in [-0.2, -0.15) is 0 Å². The summed E-state index contributed by atoms with van der Waals surface area (Å²) in [7, 11) is 0. The van der Waals surface area contributed by atoms with Crippen LogP contribution >= 0.6 is 0 Å². The van der Waals surface area contributed by atoms with Crippen LogP contribution in [0.25, 0.3) is 0 Å². The van der Waals surface area contributed by atoms with Crippen LogP contribution in [0.15, 0.2) is 48.6 Å². The third-order valence-corrected chi connectivity index (χ3v) is 7.22. The molecule has 2 N–H and O–H groups in total. The Bertz CT molecular complexity index is 799. The van der Waals surface area contributed by atoms with Crippen LogP contribution in [0, 0.1) is 0 Å². The molecule has 0 fully saturated rings. The monoisotopic (exact) mass is 601 g/mol. The Hall–Kier alpha value is -2.63. The van der Waals surface area contributed by atoms with E-state index in [2.05, 4.69) is 67.8 Å². The lowest BCUT2D eigenvalue weighted by atomic mass is 10.1. The summed E-state index contributed by atoms with van der Waals surface area (Å²) in [5.41, 5.74) is 0. The number of unbranched alkanes of at least 4 members (excludes halogenated alkanes) is 13.